The van der Waals surface area contributed by atoms with Crippen molar-refractivity contribution in [3.8, 4) is 0 Å². The molecule has 5 heteroatoms. The number of ether oxygens (including phenoxy) is 1. The van der Waals surface area contributed by atoms with Crippen molar-refractivity contribution in [2.24, 2.45) is 0 Å². The molecular weight excluding hydrogens is 314 g/mol. The van der Waals surface area contributed by atoms with Crippen LogP contribution in [0.3, 0.4) is 0 Å². The van der Waals surface area contributed by atoms with Crippen LogP contribution in [0.15, 0.2) is 60.7 Å². The van der Waals surface area contributed by atoms with Gasteiger partial charge >= 0.3 is 0 Å². The topological polar surface area (TPSA) is 60.2 Å². The highest BCUT2D eigenvalue weighted by atomic mass is 16.5. The SMILES string of the molecule is CCOC(=CC(c1ccccc1)C(C)(C)O)n1nnc2ccccc21. The molecular formula is C20H23N3O2. The molecule has 2 aromatic carbocycles. The fraction of sp³-hybridized carbons (Fsp3) is 0.300. The van der Waals surface area contributed by atoms with Crippen molar-refractivity contribution >= 4 is 16.9 Å². The van der Waals surface area contributed by atoms with Gasteiger partial charge in [0.25, 0.3) is 0 Å². The maximum absolute atomic E-state index is 10.7. The van der Waals surface area contributed by atoms with Crippen LogP contribution in [0.4, 0.5) is 0 Å². The van der Waals surface area contributed by atoms with Crippen molar-refractivity contribution in [1.82, 2.24) is 15.0 Å². The number of aliphatic hydroxyl groups is 1. The average Bonchev–Trinajstić information content (AvgIpc) is 3.02. The molecule has 1 unspecified atom stereocenters. The van der Waals surface area contributed by atoms with Crippen LogP contribution < -0.4 is 0 Å². The van der Waals surface area contributed by atoms with Gasteiger partial charge in [-0.15, -0.1) is 5.10 Å². The van der Waals surface area contributed by atoms with E-state index in [0.717, 1.165) is 16.6 Å². The molecule has 0 radical (unpaired) electrons. The summed E-state index contributed by atoms with van der Waals surface area (Å²) in [5, 5.41) is 19.1. The first-order chi connectivity index (χ1) is 12.0. The minimum Gasteiger partial charge on any atom is -0.478 e. The Balaban J connectivity index is 2.11. The van der Waals surface area contributed by atoms with Gasteiger partial charge in [-0.25, -0.2) is 0 Å². The molecule has 0 saturated heterocycles. The number of hydrogen-bond acceptors (Lipinski definition) is 4. The van der Waals surface area contributed by atoms with E-state index in [9.17, 15) is 5.11 Å². The summed E-state index contributed by atoms with van der Waals surface area (Å²) in [6, 6.07) is 17.6. The lowest BCUT2D eigenvalue weighted by molar-refractivity contribution is 0.0642. The zero-order chi connectivity index (χ0) is 17.9. The lowest BCUT2D eigenvalue weighted by Crippen LogP contribution is -2.28. The van der Waals surface area contributed by atoms with Crippen molar-refractivity contribution in [3.63, 3.8) is 0 Å². The van der Waals surface area contributed by atoms with Crippen LogP contribution in [0, 0.1) is 0 Å². The number of aromatic nitrogens is 3. The minimum atomic E-state index is -0.958. The summed E-state index contributed by atoms with van der Waals surface area (Å²) in [6.07, 6.45) is 1.92. The third-order valence-electron chi connectivity index (χ3n) is 4.08. The third-order valence-corrected chi connectivity index (χ3v) is 4.08. The first kappa shape index (κ1) is 17.2. The number of rotatable bonds is 6. The molecule has 0 amide bonds. The molecule has 3 rings (SSSR count). The summed E-state index contributed by atoms with van der Waals surface area (Å²) in [5.41, 5.74) is 1.72. The lowest BCUT2D eigenvalue weighted by atomic mass is 9.84. The molecule has 0 aliphatic heterocycles. The molecule has 0 aliphatic rings. The fourth-order valence-electron chi connectivity index (χ4n) is 2.87. The Kier molecular flexibility index (Phi) is 4.86. The summed E-state index contributed by atoms with van der Waals surface area (Å²) < 4.78 is 7.53. The highest BCUT2D eigenvalue weighted by Crippen LogP contribution is 2.32. The van der Waals surface area contributed by atoms with E-state index in [1.54, 1.807) is 18.5 Å². The van der Waals surface area contributed by atoms with Crippen LogP contribution in [0.5, 0.6) is 0 Å². The van der Waals surface area contributed by atoms with Gasteiger partial charge in [-0.3, -0.25) is 0 Å². The number of nitrogens with zero attached hydrogens (tertiary/aromatic N) is 3. The predicted octanol–water partition coefficient (Wildman–Crippen LogP) is 3.82. The summed E-state index contributed by atoms with van der Waals surface area (Å²) in [6.45, 7) is 6.01. The molecule has 5 nitrogen and oxygen atoms in total. The quantitative estimate of drug-likeness (QED) is 0.695. The number of para-hydroxylation sites is 1. The summed E-state index contributed by atoms with van der Waals surface area (Å²) in [4.78, 5) is 0. The molecule has 1 aromatic heterocycles. The molecule has 130 valence electrons. The molecule has 1 N–H and O–H groups in total. The van der Waals surface area contributed by atoms with Gasteiger partial charge in [-0.05, 0) is 44.5 Å². The van der Waals surface area contributed by atoms with Crippen LogP contribution in [0.2, 0.25) is 0 Å². The summed E-state index contributed by atoms with van der Waals surface area (Å²) >= 11 is 0. The van der Waals surface area contributed by atoms with E-state index >= 15 is 0 Å². The van der Waals surface area contributed by atoms with Crippen molar-refractivity contribution in [2.45, 2.75) is 32.3 Å². The highest BCUT2D eigenvalue weighted by molar-refractivity contribution is 5.77. The molecule has 0 aliphatic carbocycles. The molecule has 3 aromatic rings. The van der Waals surface area contributed by atoms with Gasteiger partial charge in [0.2, 0.25) is 5.88 Å². The van der Waals surface area contributed by atoms with Gasteiger partial charge in [0.15, 0.2) is 0 Å². The maximum Gasteiger partial charge on any atom is 0.212 e. The Morgan fingerprint density at radius 1 is 1.16 bits per heavy atom. The van der Waals surface area contributed by atoms with Gasteiger partial charge < -0.3 is 9.84 Å². The highest BCUT2D eigenvalue weighted by Gasteiger charge is 2.28. The molecule has 0 saturated carbocycles. The van der Waals surface area contributed by atoms with E-state index in [1.807, 2.05) is 67.6 Å². The van der Waals surface area contributed by atoms with Gasteiger partial charge in [0, 0.05) is 5.92 Å². The zero-order valence-corrected chi connectivity index (χ0v) is 14.8. The molecule has 0 spiro atoms. The van der Waals surface area contributed by atoms with E-state index in [4.69, 9.17) is 4.74 Å². The molecule has 1 atom stereocenters. The maximum atomic E-state index is 10.7. The third kappa shape index (κ3) is 3.72. The van der Waals surface area contributed by atoms with E-state index in [0.29, 0.717) is 12.5 Å². The first-order valence-corrected chi connectivity index (χ1v) is 8.43. The standard InChI is InChI=1S/C20H23N3O2/c1-4-25-19(23-18-13-9-8-12-17(18)21-22-23)14-16(20(2,3)24)15-10-6-5-7-11-15/h5-14,16,24H,4H2,1-3H3. The fourth-order valence-corrected chi connectivity index (χ4v) is 2.87. The second-order valence-electron chi connectivity index (χ2n) is 6.47. The van der Waals surface area contributed by atoms with Crippen molar-refractivity contribution < 1.29 is 9.84 Å². The van der Waals surface area contributed by atoms with Gasteiger partial charge in [-0.1, -0.05) is 47.7 Å². The van der Waals surface area contributed by atoms with Gasteiger partial charge in [0.1, 0.15) is 5.52 Å². The summed E-state index contributed by atoms with van der Waals surface area (Å²) in [5.74, 6) is 0.311. The zero-order valence-electron chi connectivity index (χ0n) is 14.8. The number of hydrogen-bond donors (Lipinski definition) is 1. The second kappa shape index (κ2) is 7.07. The largest absolute Gasteiger partial charge is 0.478 e. The van der Waals surface area contributed by atoms with Gasteiger partial charge in [-0.2, -0.15) is 4.68 Å². The smallest absolute Gasteiger partial charge is 0.212 e. The predicted molar refractivity (Wildman–Crippen MR) is 98.9 cm³/mol. The van der Waals surface area contributed by atoms with Crippen molar-refractivity contribution in [3.05, 3.63) is 66.2 Å². The first-order valence-electron chi connectivity index (χ1n) is 8.43. The van der Waals surface area contributed by atoms with Crippen LogP contribution >= 0.6 is 0 Å². The molecule has 0 bridgehead atoms. The second-order valence-corrected chi connectivity index (χ2v) is 6.47. The van der Waals surface area contributed by atoms with Crippen molar-refractivity contribution in [1.29, 1.82) is 0 Å². The Morgan fingerprint density at radius 2 is 1.84 bits per heavy atom. The van der Waals surface area contributed by atoms with Gasteiger partial charge in [0.05, 0.1) is 17.7 Å². The van der Waals surface area contributed by atoms with Crippen LogP contribution in [-0.2, 0) is 4.74 Å². The normalized spacial score (nSPS) is 13.8. The Bertz CT molecular complexity index is 863. The summed E-state index contributed by atoms with van der Waals surface area (Å²) in [7, 11) is 0. The van der Waals surface area contributed by atoms with Crippen LogP contribution in [-0.4, -0.2) is 32.3 Å². The Morgan fingerprint density at radius 3 is 2.52 bits per heavy atom. The van der Waals surface area contributed by atoms with E-state index in [-0.39, 0.29) is 5.92 Å². The molecule has 0 fully saturated rings. The van der Waals surface area contributed by atoms with E-state index in [2.05, 4.69) is 10.3 Å². The number of benzene rings is 2. The Hall–Kier alpha value is -2.66. The molecule has 1 heterocycles. The minimum absolute atomic E-state index is 0.252. The van der Waals surface area contributed by atoms with Crippen LogP contribution in [0.25, 0.3) is 16.9 Å². The van der Waals surface area contributed by atoms with E-state index in [1.165, 1.54) is 0 Å². The monoisotopic (exact) mass is 337 g/mol. The number of fused-ring (bicyclic) bond motifs is 1. The lowest BCUT2D eigenvalue weighted by Gasteiger charge is -2.28. The van der Waals surface area contributed by atoms with Crippen molar-refractivity contribution in [2.75, 3.05) is 6.61 Å². The van der Waals surface area contributed by atoms with Crippen LogP contribution in [0.1, 0.15) is 32.3 Å². The Labute approximate surface area is 147 Å². The average molecular weight is 337 g/mol. The molecule has 25 heavy (non-hydrogen) atoms. The van der Waals surface area contributed by atoms with E-state index < -0.39 is 5.60 Å².